The lowest BCUT2D eigenvalue weighted by atomic mass is 10.2. The quantitative estimate of drug-likeness (QED) is 0.598. The molecular formula is C13H18N2S. The third-order valence-corrected chi connectivity index (χ3v) is 3.15. The van der Waals surface area contributed by atoms with Gasteiger partial charge in [0.2, 0.25) is 0 Å². The van der Waals surface area contributed by atoms with Gasteiger partial charge >= 0.3 is 0 Å². The number of aromatic nitrogens is 2. The highest BCUT2D eigenvalue weighted by Gasteiger charge is 2.00. The van der Waals surface area contributed by atoms with Gasteiger partial charge < -0.3 is 0 Å². The Balaban J connectivity index is 1.89. The number of benzene rings is 1. The number of unbranched alkanes of at least 4 members (excludes halogenated alkanes) is 3. The number of hydrogen-bond donors (Lipinski definition) is 1. The van der Waals surface area contributed by atoms with Gasteiger partial charge in [-0.25, -0.2) is 0 Å². The number of para-hydroxylation sites is 1. The molecule has 0 N–H and O–H groups in total. The second-order valence-electron chi connectivity index (χ2n) is 4.06. The summed E-state index contributed by atoms with van der Waals surface area (Å²) < 4.78 is 2.11. The second-order valence-corrected chi connectivity index (χ2v) is 4.51. The molecule has 0 amide bonds. The van der Waals surface area contributed by atoms with E-state index in [1.165, 1.54) is 36.6 Å². The molecule has 0 spiro atoms. The van der Waals surface area contributed by atoms with E-state index in [1.807, 2.05) is 6.20 Å². The minimum absolute atomic E-state index is 1.00. The third-order valence-electron chi connectivity index (χ3n) is 2.83. The molecule has 2 rings (SSSR count). The SMILES string of the molecule is SCCCCCCn1ncc2ccccc21. The lowest BCUT2D eigenvalue weighted by Gasteiger charge is -2.03. The van der Waals surface area contributed by atoms with Gasteiger partial charge in [-0.2, -0.15) is 17.7 Å². The van der Waals surface area contributed by atoms with Crippen LogP contribution in [0.1, 0.15) is 25.7 Å². The Morgan fingerprint density at radius 2 is 1.88 bits per heavy atom. The summed E-state index contributed by atoms with van der Waals surface area (Å²) in [4.78, 5) is 0. The zero-order valence-electron chi connectivity index (χ0n) is 9.47. The van der Waals surface area contributed by atoms with Crippen molar-refractivity contribution < 1.29 is 0 Å². The van der Waals surface area contributed by atoms with Gasteiger partial charge in [0.15, 0.2) is 0 Å². The van der Waals surface area contributed by atoms with Gasteiger partial charge in [-0.3, -0.25) is 4.68 Å². The van der Waals surface area contributed by atoms with E-state index in [2.05, 4.69) is 46.7 Å². The van der Waals surface area contributed by atoms with E-state index >= 15 is 0 Å². The molecule has 3 heteroatoms. The highest BCUT2D eigenvalue weighted by molar-refractivity contribution is 7.80. The highest BCUT2D eigenvalue weighted by atomic mass is 32.1. The standard InChI is InChI=1S/C13H18N2S/c16-10-6-2-1-5-9-15-13-8-4-3-7-12(13)11-14-15/h3-4,7-8,11,16H,1-2,5-6,9-10H2. The summed E-state index contributed by atoms with van der Waals surface area (Å²) >= 11 is 4.21. The van der Waals surface area contributed by atoms with Crippen LogP contribution in [0.2, 0.25) is 0 Å². The molecule has 0 aliphatic heterocycles. The number of nitrogens with zero attached hydrogens (tertiary/aromatic N) is 2. The van der Waals surface area contributed by atoms with Gasteiger partial charge in [0.1, 0.15) is 0 Å². The van der Waals surface area contributed by atoms with Gasteiger partial charge in [0.05, 0.1) is 11.7 Å². The molecule has 1 aromatic heterocycles. The van der Waals surface area contributed by atoms with Gasteiger partial charge in [0, 0.05) is 11.9 Å². The van der Waals surface area contributed by atoms with Crippen LogP contribution in [-0.4, -0.2) is 15.5 Å². The second kappa shape index (κ2) is 5.94. The van der Waals surface area contributed by atoms with Crippen LogP contribution in [0.4, 0.5) is 0 Å². The van der Waals surface area contributed by atoms with Gasteiger partial charge in [-0.05, 0) is 24.7 Å². The lowest BCUT2D eigenvalue weighted by molar-refractivity contribution is 0.555. The van der Waals surface area contributed by atoms with Crippen molar-refractivity contribution in [3.8, 4) is 0 Å². The van der Waals surface area contributed by atoms with Crippen molar-refractivity contribution in [2.24, 2.45) is 0 Å². The molecule has 16 heavy (non-hydrogen) atoms. The number of hydrogen-bond acceptors (Lipinski definition) is 2. The minimum Gasteiger partial charge on any atom is -0.265 e. The molecule has 86 valence electrons. The summed E-state index contributed by atoms with van der Waals surface area (Å²) in [6, 6.07) is 8.37. The molecular weight excluding hydrogens is 216 g/mol. The molecule has 0 aliphatic carbocycles. The first-order valence-electron chi connectivity index (χ1n) is 5.93. The van der Waals surface area contributed by atoms with Crippen LogP contribution in [0.25, 0.3) is 10.9 Å². The molecule has 2 nitrogen and oxygen atoms in total. The van der Waals surface area contributed by atoms with Crippen molar-refractivity contribution >= 4 is 23.5 Å². The average molecular weight is 234 g/mol. The minimum atomic E-state index is 1.00. The Labute approximate surface area is 102 Å². The first-order chi connectivity index (χ1) is 7.92. The highest BCUT2D eigenvalue weighted by Crippen LogP contribution is 2.13. The fraction of sp³-hybridized carbons (Fsp3) is 0.462. The number of aryl methyl sites for hydroxylation is 1. The van der Waals surface area contributed by atoms with Crippen molar-refractivity contribution in [2.45, 2.75) is 32.2 Å². The fourth-order valence-corrected chi connectivity index (χ4v) is 2.15. The monoisotopic (exact) mass is 234 g/mol. The summed E-state index contributed by atoms with van der Waals surface area (Å²) in [5, 5.41) is 5.65. The number of fused-ring (bicyclic) bond motifs is 1. The maximum Gasteiger partial charge on any atom is 0.0682 e. The normalized spacial score (nSPS) is 11.1. The first kappa shape index (κ1) is 11.5. The smallest absolute Gasteiger partial charge is 0.0682 e. The molecule has 0 bridgehead atoms. The molecule has 2 aromatic rings. The molecule has 0 saturated carbocycles. The van der Waals surface area contributed by atoms with E-state index in [0.717, 1.165) is 12.3 Å². The van der Waals surface area contributed by atoms with E-state index in [0.29, 0.717) is 0 Å². The topological polar surface area (TPSA) is 17.8 Å². The Morgan fingerprint density at radius 3 is 2.75 bits per heavy atom. The van der Waals surface area contributed by atoms with Crippen LogP contribution in [0.15, 0.2) is 30.5 Å². The van der Waals surface area contributed by atoms with Crippen LogP contribution >= 0.6 is 12.6 Å². The van der Waals surface area contributed by atoms with Gasteiger partial charge in [0.25, 0.3) is 0 Å². The zero-order valence-corrected chi connectivity index (χ0v) is 10.4. The van der Waals surface area contributed by atoms with E-state index < -0.39 is 0 Å². The largest absolute Gasteiger partial charge is 0.265 e. The summed E-state index contributed by atoms with van der Waals surface area (Å²) in [7, 11) is 0. The zero-order chi connectivity index (χ0) is 11.2. The Bertz CT molecular complexity index is 436. The molecule has 0 atom stereocenters. The number of thiol groups is 1. The summed E-state index contributed by atoms with van der Waals surface area (Å²) in [6.07, 6.45) is 6.93. The molecule has 0 unspecified atom stereocenters. The Kier molecular flexibility index (Phi) is 4.28. The van der Waals surface area contributed by atoms with Crippen molar-refractivity contribution in [1.82, 2.24) is 9.78 Å². The van der Waals surface area contributed by atoms with Crippen molar-refractivity contribution in [3.63, 3.8) is 0 Å². The molecule has 1 heterocycles. The summed E-state index contributed by atoms with van der Waals surface area (Å²) in [5.41, 5.74) is 1.25. The van der Waals surface area contributed by atoms with Crippen LogP contribution in [-0.2, 0) is 6.54 Å². The van der Waals surface area contributed by atoms with Crippen LogP contribution in [0, 0.1) is 0 Å². The molecule has 0 radical (unpaired) electrons. The van der Waals surface area contributed by atoms with E-state index in [1.54, 1.807) is 0 Å². The average Bonchev–Trinajstić information content (AvgIpc) is 2.73. The molecule has 0 fully saturated rings. The maximum atomic E-state index is 4.41. The van der Waals surface area contributed by atoms with E-state index in [-0.39, 0.29) is 0 Å². The third kappa shape index (κ3) is 2.79. The molecule has 0 aliphatic rings. The van der Waals surface area contributed by atoms with Gasteiger partial charge in [-0.1, -0.05) is 31.0 Å². The van der Waals surface area contributed by atoms with Crippen LogP contribution < -0.4 is 0 Å². The Morgan fingerprint density at radius 1 is 1.06 bits per heavy atom. The van der Waals surface area contributed by atoms with E-state index in [4.69, 9.17) is 0 Å². The summed E-state index contributed by atoms with van der Waals surface area (Å²) in [5.74, 6) is 1.00. The Hall–Kier alpha value is -0.960. The predicted molar refractivity (Wildman–Crippen MR) is 72.1 cm³/mol. The molecule has 0 saturated heterocycles. The van der Waals surface area contributed by atoms with Crippen LogP contribution in [0.3, 0.4) is 0 Å². The predicted octanol–water partition coefficient (Wildman–Crippen LogP) is 3.53. The first-order valence-corrected chi connectivity index (χ1v) is 6.56. The number of rotatable bonds is 6. The van der Waals surface area contributed by atoms with Crippen molar-refractivity contribution in [3.05, 3.63) is 30.5 Å². The maximum absolute atomic E-state index is 4.41. The van der Waals surface area contributed by atoms with Crippen molar-refractivity contribution in [2.75, 3.05) is 5.75 Å². The lowest BCUT2D eigenvalue weighted by Crippen LogP contribution is -1.99. The van der Waals surface area contributed by atoms with Crippen molar-refractivity contribution in [1.29, 1.82) is 0 Å². The summed E-state index contributed by atoms with van der Waals surface area (Å²) in [6.45, 7) is 1.03. The molecule has 1 aromatic carbocycles. The van der Waals surface area contributed by atoms with E-state index in [9.17, 15) is 0 Å². The van der Waals surface area contributed by atoms with Crippen LogP contribution in [0.5, 0.6) is 0 Å². The van der Waals surface area contributed by atoms with Gasteiger partial charge in [-0.15, -0.1) is 0 Å². The fourth-order valence-electron chi connectivity index (χ4n) is 1.93.